The van der Waals surface area contributed by atoms with Crippen molar-refractivity contribution in [2.45, 2.75) is 13.3 Å². The van der Waals surface area contributed by atoms with Gasteiger partial charge in [0, 0.05) is 28.8 Å². The lowest BCUT2D eigenvalue weighted by molar-refractivity contribution is 0.354. The van der Waals surface area contributed by atoms with Crippen LogP contribution in [0.25, 0.3) is 28.0 Å². The van der Waals surface area contributed by atoms with Crippen molar-refractivity contribution in [3.8, 4) is 33.9 Å². The fourth-order valence-electron chi connectivity index (χ4n) is 4.33. The predicted molar refractivity (Wildman–Crippen MR) is 145 cm³/mol. The number of nitrogens with zero attached hydrogens (tertiary/aromatic N) is 3. The van der Waals surface area contributed by atoms with Crippen LogP contribution in [0.1, 0.15) is 11.3 Å². The normalized spacial score (nSPS) is 11.0. The molecule has 5 rings (SSSR count). The van der Waals surface area contributed by atoms with E-state index in [1.165, 1.54) is 0 Å². The number of aromatic nitrogens is 3. The number of nitrogens with one attached hydrogen (secondary N) is 1. The molecule has 0 amide bonds. The number of aryl methyl sites for hydroxylation is 1. The van der Waals surface area contributed by atoms with Crippen molar-refractivity contribution in [2.24, 2.45) is 0 Å². The Balaban J connectivity index is 1.52. The van der Waals surface area contributed by atoms with Crippen molar-refractivity contribution >= 4 is 23.1 Å². The van der Waals surface area contributed by atoms with Gasteiger partial charge in [0.05, 0.1) is 25.6 Å². The molecule has 0 fully saturated rings. The summed E-state index contributed by atoms with van der Waals surface area (Å²) in [5.41, 5.74) is 6.79. The number of ether oxygens (including phenoxy) is 2. The quantitative estimate of drug-likeness (QED) is 0.258. The number of benzene rings is 3. The zero-order valence-electron chi connectivity index (χ0n) is 20.5. The Morgan fingerprint density at radius 2 is 1.61 bits per heavy atom. The summed E-state index contributed by atoms with van der Waals surface area (Å²) in [4.78, 5) is 5.03. The molecular weight excluding hydrogens is 472 g/mol. The van der Waals surface area contributed by atoms with Crippen molar-refractivity contribution in [3.05, 3.63) is 95.1 Å². The van der Waals surface area contributed by atoms with Gasteiger partial charge < -0.3 is 14.8 Å². The molecule has 0 saturated carbocycles. The molecule has 0 atom stereocenters. The molecule has 182 valence electrons. The molecular formula is C29H27ClN4O2. The molecule has 2 aromatic heterocycles. The highest BCUT2D eigenvalue weighted by Gasteiger charge is 2.17. The van der Waals surface area contributed by atoms with Crippen LogP contribution in [0.4, 0.5) is 5.82 Å². The van der Waals surface area contributed by atoms with Crippen LogP contribution in [0.2, 0.25) is 5.02 Å². The number of anilines is 1. The number of rotatable bonds is 8. The lowest BCUT2D eigenvalue weighted by Crippen LogP contribution is -2.10. The monoisotopic (exact) mass is 498 g/mol. The second-order valence-corrected chi connectivity index (χ2v) is 8.90. The lowest BCUT2D eigenvalue weighted by atomic mass is 10.1. The average molecular weight is 499 g/mol. The zero-order valence-corrected chi connectivity index (χ0v) is 21.2. The summed E-state index contributed by atoms with van der Waals surface area (Å²) in [6, 6.07) is 26.0. The number of hydrogen-bond donors (Lipinski definition) is 1. The third kappa shape index (κ3) is 4.72. The minimum Gasteiger partial charge on any atom is -0.493 e. The molecule has 0 aliphatic rings. The topological polar surface area (TPSA) is 60.7 Å². The van der Waals surface area contributed by atoms with Crippen LogP contribution in [-0.4, -0.2) is 35.4 Å². The molecule has 5 aromatic rings. The maximum atomic E-state index is 6.14. The van der Waals surface area contributed by atoms with Gasteiger partial charge in [0.15, 0.2) is 17.1 Å². The standard InChI is InChI=1S/C29H27ClN4O2/c1-19-28(22-10-12-23(30)13-11-22)29-32-24(21-7-5-4-6-8-21)18-27(34(29)33-19)31-16-15-20-9-14-25(35-2)26(17-20)36-3/h4-14,17-18,31H,15-16H2,1-3H3. The second-order valence-electron chi connectivity index (χ2n) is 8.46. The summed E-state index contributed by atoms with van der Waals surface area (Å²) in [7, 11) is 3.29. The maximum Gasteiger partial charge on any atom is 0.166 e. The van der Waals surface area contributed by atoms with E-state index in [1.54, 1.807) is 14.2 Å². The average Bonchev–Trinajstić information content (AvgIpc) is 3.25. The van der Waals surface area contributed by atoms with Crippen molar-refractivity contribution in [2.75, 3.05) is 26.1 Å². The van der Waals surface area contributed by atoms with Gasteiger partial charge in [-0.3, -0.25) is 0 Å². The van der Waals surface area contributed by atoms with Crippen LogP contribution in [0.5, 0.6) is 11.5 Å². The van der Waals surface area contributed by atoms with E-state index >= 15 is 0 Å². The molecule has 0 saturated heterocycles. The molecule has 0 spiro atoms. The fraction of sp³-hybridized carbons (Fsp3) is 0.172. The Labute approximate surface area is 215 Å². The molecule has 0 aliphatic heterocycles. The number of fused-ring (bicyclic) bond motifs is 1. The Kier molecular flexibility index (Phi) is 6.78. The first-order chi connectivity index (χ1) is 17.6. The lowest BCUT2D eigenvalue weighted by Gasteiger charge is -2.13. The van der Waals surface area contributed by atoms with Gasteiger partial charge in [-0.2, -0.15) is 9.61 Å². The fourth-order valence-corrected chi connectivity index (χ4v) is 4.46. The van der Waals surface area contributed by atoms with E-state index < -0.39 is 0 Å². The Hall–Kier alpha value is -4.03. The van der Waals surface area contributed by atoms with Crippen molar-refractivity contribution in [1.82, 2.24) is 14.6 Å². The van der Waals surface area contributed by atoms with Crippen LogP contribution in [0.3, 0.4) is 0 Å². The van der Waals surface area contributed by atoms with Crippen molar-refractivity contribution in [3.63, 3.8) is 0 Å². The summed E-state index contributed by atoms with van der Waals surface area (Å²) >= 11 is 6.14. The molecule has 7 heteroatoms. The van der Waals surface area contributed by atoms with Crippen LogP contribution >= 0.6 is 11.6 Å². The van der Waals surface area contributed by atoms with Gasteiger partial charge in [-0.15, -0.1) is 0 Å². The molecule has 2 heterocycles. The molecule has 1 N–H and O–H groups in total. The Bertz CT molecular complexity index is 1500. The predicted octanol–water partition coefficient (Wildman–Crippen LogP) is 6.70. The van der Waals surface area contributed by atoms with Crippen LogP contribution in [0, 0.1) is 6.92 Å². The summed E-state index contributed by atoms with van der Waals surface area (Å²) in [5.74, 6) is 2.32. The molecule has 3 aromatic carbocycles. The van der Waals surface area contributed by atoms with E-state index in [2.05, 4.69) is 29.6 Å². The number of halogens is 1. The smallest absolute Gasteiger partial charge is 0.166 e. The highest BCUT2D eigenvalue weighted by Crippen LogP contribution is 2.32. The van der Waals surface area contributed by atoms with E-state index in [-0.39, 0.29) is 0 Å². The number of methoxy groups -OCH3 is 2. The van der Waals surface area contributed by atoms with E-state index in [0.29, 0.717) is 11.6 Å². The third-order valence-corrected chi connectivity index (χ3v) is 6.39. The highest BCUT2D eigenvalue weighted by atomic mass is 35.5. The summed E-state index contributed by atoms with van der Waals surface area (Å²) in [6.07, 6.45) is 0.801. The summed E-state index contributed by atoms with van der Waals surface area (Å²) < 4.78 is 12.7. The molecule has 36 heavy (non-hydrogen) atoms. The third-order valence-electron chi connectivity index (χ3n) is 6.13. The molecule has 0 radical (unpaired) electrons. The maximum absolute atomic E-state index is 6.14. The molecule has 6 nitrogen and oxygen atoms in total. The van der Waals surface area contributed by atoms with Gasteiger partial charge >= 0.3 is 0 Å². The first-order valence-corrected chi connectivity index (χ1v) is 12.1. The SMILES string of the molecule is COc1ccc(CCNc2cc(-c3ccccc3)nc3c(-c4ccc(Cl)cc4)c(C)nn23)cc1OC. The first-order valence-electron chi connectivity index (χ1n) is 11.7. The van der Waals surface area contributed by atoms with Gasteiger partial charge in [-0.05, 0) is 48.7 Å². The van der Waals surface area contributed by atoms with Crippen LogP contribution < -0.4 is 14.8 Å². The van der Waals surface area contributed by atoms with Crippen LogP contribution in [0.15, 0.2) is 78.9 Å². The molecule has 0 aliphatic carbocycles. The Morgan fingerprint density at radius 1 is 0.861 bits per heavy atom. The van der Waals surface area contributed by atoms with Gasteiger partial charge in [0.25, 0.3) is 0 Å². The minimum absolute atomic E-state index is 0.698. The number of hydrogen-bond acceptors (Lipinski definition) is 5. The van der Waals surface area contributed by atoms with E-state index in [4.69, 9.17) is 31.2 Å². The highest BCUT2D eigenvalue weighted by molar-refractivity contribution is 6.30. The minimum atomic E-state index is 0.698. The van der Waals surface area contributed by atoms with Crippen molar-refractivity contribution < 1.29 is 9.47 Å². The van der Waals surface area contributed by atoms with E-state index in [1.807, 2.05) is 66.0 Å². The van der Waals surface area contributed by atoms with Gasteiger partial charge in [0.1, 0.15) is 5.82 Å². The zero-order chi connectivity index (χ0) is 25.1. The van der Waals surface area contributed by atoms with Crippen LogP contribution in [-0.2, 0) is 6.42 Å². The van der Waals surface area contributed by atoms with Crippen molar-refractivity contribution in [1.29, 1.82) is 0 Å². The molecule has 0 bridgehead atoms. The summed E-state index contributed by atoms with van der Waals surface area (Å²) in [6.45, 7) is 2.71. The van der Waals surface area contributed by atoms with E-state index in [9.17, 15) is 0 Å². The first kappa shape index (κ1) is 23.7. The van der Waals surface area contributed by atoms with Gasteiger partial charge in [-0.25, -0.2) is 4.98 Å². The molecule has 0 unspecified atom stereocenters. The Morgan fingerprint density at radius 3 is 2.33 bits per heavy atom. The summed E-state index contributed by atoms with van der Waals surface area (Å²) in [5, 5.41) is 9.12. The van der Waals surface area contributed by atoms with Gasteiger partial charge in [-0.1, -0.05) is 60.1 Å². The second kappa shape index (κ2) is 10.3. The largest absolute Gasteiger partial charge is 0.493 e. The van der Waals surface area contributed by atoms with E-state index in [0.717, 1.165) is 63.0 Å². The van der Waals surface area contributed by atoms with Gasteiger partial charge in [0.2, 0.25) is 0 Å².